The first-order valence-corrected chi connectivity index (χ1v) is 10.8. The van der Waals surface area contributed by atoms with Gasteiger partial charge in [0.2, 0.25) is 5.95 Å². The van der Waals surface area contributed by atoms with E-state index in [1.807, 2.05) is 0 Å². The van der Waals surface area contributed by atoms with Gasteiger partial charge in [0.15, 0.2) is 0 Å². The van der Waals surface area contributed by atoms with Crippen LogP contribution < -0.4 is 10.6 Å². The summed E-state index contributed by atoms with van der Waals surface area (Å²) < 4.78 is 80.7. The summed E-state index contributed by atoms with van der Waals surface area (Å²) in [5, 5.41) is 10.8. The van der Waals surface area contributed by atoms with Gasteiger partial charge in [0, 0.05) is 12.0 Å². The highest BCUT2D eigenvalue weighted by Crippen LogP contribution is 2.45. The fraction of sp³-hybridized carbons (Fsp3) is 0.619. The van der Waals surface area contributed by atoms with Crippen molar-refractivity contribution >= 4 is 5.95 Å². The van der Waals surface area contributed by atoms with Crippen LogP contribution in [0.15, 0.2) is 24.3 Å². The molecule has 4 unspecified atom stereocenters. The first-order valence-electron chi connectivity index (χ1n) is 10.8. The summed E-state index contributed by atoms with van der Waals surface area (Å²) >= 11 is 0. The Morgan fingerprint density at radius 1 is 0.906 bits per heavy atom. The topological polar surface area (TPSA) is 54.8 Å². The van der Waals surface area contributed by atoms with Gasteiger partial charge in [0.25, 0.3) is 0 Å². The zero-order valence-corrected chi connectivity index (χ0v) is 17.0. The Morgan fingerprint density at radius 2 is 1.56 bits per heavy atom. The number of hydrogen-bond acceptors (Lipinski definition) is 4. The summed E-state index contributed by atoms with van der Waals surface area (Å²) in [5.41, 5.74) is -0.295. The maximum absolute atomic E-state index is 13.7. The average Bonchev–Trinajstić information content (AvgIpc) is 3.22. The van der Waals surface area contributed by atoms with Crippen molar-refractivity contribution in [1.82, 2.24) is 20.1 Å². The number of anilines is 1. The van der Waals surface area contributed by atoms with Crippen LogP contribution in [0.2, 0.25) is 0 Å². The normalized spacial score (nSPS) is 30.2. The van der Waals surface area contributed by atoms with Crippen molar-refractivity contribution < 1.29 is 26.3 Å². The third-order valence-corrected chi connectivity index (χ3v) is 7.04. The zero-order valence-electron chi connectivity index (χ0n) is 17.0. The minimum Gasteiger partial charge on any atom is -0.350 e. The van der Waals surface area contributed by atoms with Crippen LogP contribution in [-0.4, -0.2) is 40.1 Å². The minimum atomic E-state index is -4.49. The molecule has 2 aromatic rings. The molecule has 174 valence electrons. The molecule has 4 atom stereocenters. The van der Waals surface area contributed by atoms with E-state index in [4.69, 9.17) is 0 Å². The lowest BCUT2D eigenvalue weighted by Gasteiger charge is -2.31. The van der Waals surface area contributed by atoms with E-state index in [9.17, 15) is 26.3 Å². The molecule has 0 radical (unpaired) electrons. The molecule has 11 heteroatoms. The summed E-state index contributed by atoms with van der Waals surface area (Å²) in [5.74, 6) is 0.499. The van der Waals surface area contributed by atoms with Crippen molar-refractivity contribution in [2.75, 3.05) is 18.4 Å². The number of benzene rings is 1. The molecule has 1 aromatic carbocycles. The Hall–Kier alpha value is -2.30. The molecule has 5 nitrogen and oxygen atoms in total. The number of fused-ring (bicyclic) bond motifs is 3. The highest BCUT2D eigenvalue weighted by molar-refractivity contribution is 5.35. The predicted molar refractivity (Wildman–Crippen MR) is 104 cm³/mol. The third kappa shape index (κ3) is 3.84. The van der Waals surface area contributed by atoms with Crippen LogP contribution in [0, 0.1) is 11.8 Å². The Balaban J connectivity index is 1.47. The lowest BCUT2D eigenvalue weighted by Crippen LogP contribution is -2.45. The molecule has 2 N–H and O–H groups in total. The molecule has 3 heterocycles. The van der Waals surface area contributed by atoms with Gasteiger partial charge in [0.1, 0.15) is 11.9 Å². The van der Waals surface area contributed by atoms with E-state index in [0.29, 0.717) is 17.4 Å². The number of hydrogen-bond donors (Lipinski definition) is 2. The van der Waals surface area contributed by atoms with Gasteiger partial charge in [0.05, 0.1) is 5.56 Å². The lowest BCUT2D eigenvalue weighted by atomic mass is 9.88. The second-order valence-electron chi connectivity index (χ2n) is 8.97. The smallest absolute Gasteiger partial charge is 0.350 e. The van der Waals surface area contributed by atoms with Crippen molar-refractivity contribution in [2.45, 2.75) is 56.0 Å². The average molecular weight is 459 g/mol. The molecule has 1 aliphatic carbocycles. The van der Waals surface area contributed by atoms with E-state index >= 15 is 0 Å². The summed E-state index contributed by atoms with van der Waals surface area (Å²) in [7, 11) is 0. The molecule has 0 spiro atoms. The van der Waals surface area contributed by atoms with Crippen LogP contribution in [0.4, 0.5) is 32.3 Å². The van der Waals surface area contributed by atoms with Crippen molar-refractivity contribution in [3.8, 4) is 0 Å². The highest BCUT2D eigenvalue weighted by Gasteiger charge is 2.47. The van der Waals surface area contributed by atoms with Crippen molar-refractivity contribution in [3.63, 3.8) is 0 Å². The molecule has 1 aromatic heterocycles. The van der Waals surface area contributed by atoms with Gasteiger partial charge in [-0.1, -0.05) is 12.1 Å². The number of piperidine rings is 1. The maximum Gasteiger partial charge on any atom is 0.416 e. The van der Waals surface area contributed by atoms with E-state index < -0.39 is 29.9 Å². The number of rotatable bonds is 3. The predicted octanol–water partition coefficient (Wildman–Crippen LogP) is 4.74. The number of alkyl halides is 6. The Labute approximate surface area is 180 Å². The number of nitrogens with one attached hydrogen (secondary N) is 2. The van der Waals surface area contributed by atoms with Crippen LogP contribution in [-0.2, 0) is 6.18 Å². The molecule has 5 rings (SSSR count). The summed E-state index contributed by atoms with van der Waals surface area (Å²) in [6, 6.07) is 2.86. The minimum absolute atomic E-state index is 0.106. The summed E-state index contributed by atoms with van der Waals surface area (Å²) in [4.78, 5) is 4.43. The molecule has 0 amide bonds. The highest BCUT2D eigenvalue weighted by atomic mass is 19.4. The fourth-order valence-corrected chi connectivity index (χ4v) is 5.43. The van der Waals surface area contributed by atoms with Gasteiger partial charge in [-0.05, 0) is 68.3 Å². The van der Waals surface area contributed by atoms with Crippen LogP contribution in [0.25, 0.3) is 0 Å². The molecular weight excluding hydrogens is 436 g/mol. The first kappa shape index (κ1) is 21.5. The second kappa shape index (κ2) is 7.64. The van der Waals surface area contributed by atoms with Crippen LogP contribution in [0.1, 0.15) is 54.6 Å². The largest absolute Gasteiger partial charge is 0.416 e. The Kier molecular flexibility index (Phi) is 5.14. The van der Waals surface area contributed by atoms with Gasteiger partial charge in [-0.15, -0.1) is 5.10 Å². The van der Waals surface area contributed by atoms with E-state index in [1.165, 1.54) is 12.1 Å². The third-order valence-electron chi connectivity index (χ3n) is 7.04. The maximum atomic E-state index is 13.7. The number of aromatic nitrogens is 3. The molecule has 2 fully saturated rings. The van der Waals surface area contributed by atoms with Crippen molar-refractivity contribution in [3.05, 3.63) is 41.2 Å². The monoisotopic (exact) mass is 459 g/mol. The molecule has 2 bridgehead atoms. The molecule has 2 aliphatic heterocycles. The van der Waals surface area contributed by atoms with Gasteiger partial charge >= 0.3 is 12.4 Å². The van der Waals surface area contributed by atoms with E-state index in [2.05, 4.69) is 20.7 Å². The summed E-state index contributed by atoms with van der Waals surface area (Å²) in [6.07, 6.45) is -6.95. The fourth-order valence-electron chi connectivity index (χ4n) is 5.43. The SMILES string of the molecule is FC(F)(F)c1ccc(C2CCC(C(F)(F)F)n3nc(NC4C5CCC4CNC5)nc32)cc1. The van der Waals surface area contributed by atoms with Gasteiger partial charge in [-0.3, -0.25) is 0 Å². The quantitative estimate of drug-likeness (QED) is 0.652. The Bertz CT molecular complexity index is 951. The first-order chi connectivity index (χ1) is 15.1. The van der Waals surface area contributed by atoms with Crippen LogP contribution in [0.3, 0.4) is 0 Å². The van der Waals surface area contributed by atoms with Crippen molar-refractivity contribution in [2.24, 2.45) is 11.8 Å². The van der Waals surface area contributed by atoms with Crippen LogP contribution in [0.5, 0.6) is 0 Å². The standard InChI is InChI=1S/C21H23F6N5/c22-20(23,24)14-5-3-11(4-6-14)15-7-8-16(21(25,26)27)32-18(15)30-19(31-32)29-17-12-1-2-13(17)10-28-9-12/h3-6,12-13,15-17,28H,1-2,7-10H2,(H,29,31). The number of nitrogens with zero attached hydrogens (tertiary/aromatic N) is 3. The molecule has 3 aliphatic rings. The molecule has 32 heavy (non-hydrogen) atoms. The second-order valence-corrected chi connectivity index (χ2v) is 8.97. The van der Waals surface area contributed by atoms with E-state index in [1.54, 1.807) is 0 Å². The van der Waals surface area contributed by atoms with E-state index in [-0.39, 0.29) is 30.7 Å². The Morgan fingerprint density at radius 3 is 2.16 bits per heavy atom. The molecule has 1 saturated heterocycles. The van der Waals surface area contributed by atoms with Gasteiger partial charge in [-0.2, -0.15) is 31.3 Å². The van der Waals surface area contributed by atoms with Gasteiger partial charge < -0.3 is 10.6 Å². The van der Waals surface area contributed by atoms with Crippen molar-refractivity contribution in [1.29, 1.82) is 0 Å². The molecular formula is C21H23F6N5. The van der Waals surface area contributed by atoms with E-state index in [0.717, 1.165) is 42.7 Å². The van der Waals surface area contributed by atoms with Gasteiger partial charge in [-0.25, -0.2) is 4.68 Å². The zero-order chi connectivity index (χ0) is 22.7. The number of halogens is 6. The molecule has 1 saturated carbocycles. The lowest BCUT2D eigenvalue weighted by molar-refractivity contribution is -0.175. The summed E-state index contributed by atoms with van der Waals surface area (Å²) in [6.45, 7) is 1.70. The van der Waals surface area contributed by atoms with Crippen LogP contribution >= 0.6 is 0 Å².